The van der Waals surface area contributed by atoms with Crippen LogP contribution in [0.4, 0.5) is 0 Å². The molecule has 0 aromatic carbocycles. The van der Waals surface area contributed by atoms with Gasteiger partial charge in [0.1, 0.15) is 0 Å². The summed E-state index contributed by atoms with van der Waals surface area (Å²) in [5.74, 6) is 1.44. The van der Waals surface area contributed by atoms with Gasteiger partial charge in [0, 0.05) is 25.4 Å². The molecule has 0 bridgehead atoms. The molecule has 22 heavy (non-hydrogen) atoms. The summed E-state index contributed by atoms with van der Waals surface area (Å²) < 4.78 is 0. The predicted molar refractivity (Wildman–Crippen MR) is 90.4 cm³/mol. The third kappa shape index (κ3) is 7.81. The zero-order valence-corrected chi connectivity index (χ0v) is 14.8. The second kappa shape index (κ2) is 9.86. The summed E-state index contributed by atoms with van der Waals surface area (Å²) >= 11 is 0. The van der Waals surface area contributed by atoms with Crippen LogP contribution in [0, 0.1) is 17.8 Å². The van der Waals surface area contributed by atoms with E-state index >= 15 is 0 Å². The van der Waals surface area contributed by atoms with Gasteiger partial charge in [-0.2, -0.15) is 0 Å². The lowest BCUT2D eigenvalue weighted by molar-refractivity contribution is -0.124. The van der Waals surface area contributed by atoms with E-state index in [0.29, 0.717) is 37.1 Å². The SMILES string of the molecule is CC(C)CC(=O)NCC(NC(=O)CC(C)C)C1CCCCC1. The average molecular weight is 310 g/mol. The van der Waals surface area contributed by atoms with Crippen LogP contribution in [-0.2, 0) is 9.59 Å². The highest BCUT2D eigenvalue weighted by molar-refractivity contribution is 5.77. The number of rotatable bonds is 8. The van der Waals surface area contributed by atoms with Gasteiger partial charge in [-0.05, 0) is 30.6 Å². The normalized spacial score (nSPS) is 17.5. The molecule has 1 unspecified atom stereocenters. The Bertz CT molecular complexity index is 347. The quantitative estimate of drug-likeness (QED) is 0.723. The lowest BCUT2D eigenvalue weighted by Gasteiger charge is -2.31. The summed E-state index contributed by atoms with van der Waals surface area (Å²) in [6.07, 6.45) is 7.20. The first-order chi connectivity index (χ1) is 10.4. The molecular weight excluding hydrogens is 276 g/mol. The topological polar surface area (TPSA) is 58.2 Å². The van der Waals surface area contributed by atoms with E-state index in [9.17, 15) is 9.59 Å². The molecule has 1 aliphatic carbocycles. The van der Waals surface area contributed by atoms with E-state index in [4.69, 9.17) is 0 Å². The van der Waals surface area contributed by atoms with Gasteiger partial charge in [-0.25, -0.2) is 0 Å². The van der Waals surface area contributed by atoms with E-state index in [-0.39, 0.29) is 17.9 Å². The molecule has 128 valence electrons. The predicted octanol–water partition coefficient (Wildman–Crippen LogP) is 3.26. The fraction of sp³-hybridized carbons (Fsp3) is 0.889. The molecule has 2 amide bonds. The molecule has 0 saturated heterocycles. The van der Waals surface area contributed by atoms with Crippen molar-refractivity contribution in [1.82, 2.24) is 10.6 Å². The number of nitrogens with one attached hydrogen (secondary N) is 2. The van der Waals surface area contributed by atoms with E-state index in [1.165, 1.54) is 19.3 Å². The van der Waals surface area contributed by atoms with Gasteiger partial charge in [0.15, 0.2) is 0 Å². The highest BCUT2D eigenvalue weighted by atomic mass is 16.2. The zero-order valence-electron chi connectivity index (χ0n) is 14.8. The molecule has 1 fully saturated rings. The maximum Gasteiger partial charge on any atom is 0.220 e. The van der Waals surface area contributed by atoms with E-state index < -0.39 is 0 Å². The Hall–Kier alpha value is -1.06. The smallest absolute Gasteiger partial charge is 0.220 e. The summed E-state index contributed by atoms with van der Waals surface area (Å²) in [4.78, 5) is 24.0. The Kier molecular flexibility index (Phi) is 8.51. The van der Waals surface area contributed by atoms with Gasteiger partial charge in [0.2, 0.25) is 11.8 Å². The van der Waals surface area contributed by atoms with Crippen molar-refractivity contribution in [3.05, 3.63) is 0 Å². The maximum atomic E-state index is 12.1. The monoisotopic (exact) mass is 310 g/mol. The second-order valence-corrected chi connectivity index (χ2v) is 7.57. The Morgan fingerprint density at radius 3 is 2.00 bits per heavy atom. The lowest BCUT2D eigenvalue weighted by Crippen LogP contribution is -2.48. The van der Waals surface area contributed by atoms with Crippen molar-refractivity contribution in [2.24, 2.45) is 17.8 Å². The van der Waals surface area contributed by atoms with Crippen molar-refractivity contribution in [3.63, 3.8) is 0 Å². The van der Waals surface area contributed by atoms with Crippen LogP contribution in [0.1, 0.15) is 72.6 Å². The molecule has 2 N–H and O–H groups in total. The fourth-order valence-electron chi connectivity index (χ4n) is 3.18. The van der Waals surface area contributed by atoms with Crippen LogP contribution in [0.5, 0.6) is 0 Å². The van der Waals surface area contributed by atoms with Crippen LogP contribution in [0.2, 0.25) is 0 Å². The van der Waals surface area contributed by atoms with E-state index in [2.05, 4.69) is 24.5 Å². The third-order valence-corrected chi connectivity index (χ3v) is 4.27. The second-order valence-electron chi connectivity index (χ2n) is 7.57. The number of hydrogen-bond donors (Lipinski definition) is 2. The molecule has 1 saturated carbocycles. The van der Waals surface area contributed by atoms with Gasteiger partial charge < -0.3 is 10.6 Å². The molecule has 0 aromatic heterocycles. The Morgan fingerprint density at radius 1 is 0.909 bits per heavy atom. The van der Waals surface area contributed by atoms with Crippen LogP contribution in [-0.4, -0.2) is 24.4 Å². The maximum absolute atomic E-state index is 12.1. The summed E-state index contributed by atoms with van der Waals surface area (Å²) in [5, 5.41) is 6.19. The van der Waals surface area contributed by atoms with Gasteiger partial charge >= 0.3 is 0 Å². The van der Waals surface area contributed by atoms with Crippen molar-refractivity contribution >= 4 is 11.8 Å². The summed E-state index contributed by atoms with van der Waals surface area (Å²) in [7, 11) is 0. The number of carbonyl (C=O) groups is 2. The third-order valence-electron chi connectivity index (χ3n) is 4.27. The van der Waals surface area contributed by atoms with Crippen molar-refractivity contribution in [1.29, 1.82) is 0 Å². The van der Waals surface area contributed by atoms with Gasteiger partial charge in [0.25, 0.3) is 0 Å². The minimum absolute atomic E-state index is 0.0858. The highest BCUT2D eigenvalue weighted by Gasteiger charge is 2.25. The molecule has 0 heterocycles. The highest BCUT2D eigenvalue weighted by Crippen LogP contribution is 2.26. The first-order valence-electron chi connectivity index (χ1n) is 8.94. The van der Waals surface area contributed by atoms with Crippen molar-refractivity contribution in [2.45, 2.75) is 78.7 Å². The van der Waals surface area contributed by atoms with Gasteiger partial charge in [-0.15, -0.1) is 0 Å². The first kappa shape index (κ1) is 19.0. The van der Waals surface area contributed by atoms with Crippen LogP contribution >= 0.6 is 0 Å². The van der Waals surface area contributed by atoms with Crippen molar-refractivity contribution in [3.8, 4) is 0 Å². The molecule has 4 nitrogen and oxygen atoms in total. The van der Waals surface area contributed by atoms with Crippen molar-refractivity contribution < 1.29 is 9.59 Å². The Labute approximate surface area is 135 Å². The summed E-state index contributed by atoms with van der Waals surface area (Å²) in [6.45, 7) is 8.77. The van der Waals surface area contributed by atoms with Crippen LogP contribution < -0.4 is 10.6 Å². The minimum Gasteiger partial charge on any atom is -0.354 e. The molecule has 4 heteroatoms. The summed E-state index contributed by atoms with van der Waals surface area (Å²) in [5.41, 5.74) is 0. The molecule has 0 radical (unpaired) electrons. The average Bonchev–Trinajstić information content (AvgIpc) is 2.42. The molecule has 1 rings (SSSR count). The van der Waals surface area contributed by atoms with Crippen LogP contribution in [0.15, 0.2) is 0 Å². The van der Waals surface area contributed by atoms with Gasteiger partial charge in [-0.1, -0.05) is 47.0 Å². The van der Waals surface area contributed by atoms with Crippen LogP contribution in [0.25, 0.3) is 0 Å². The standard InChI is InChI=1S/C18H34N2O2/c1-13(2)10-17(21)19-12-16(15-8-6-5-7-9-15)20-18(22)11-14(3)4/h13-16H,5-12H2,1-4H3,(H,19,21)(H,20,22). The molecule has 1 atom stereocenters. The summed E-state index contributed by atoms with van der Waals surface area (Å²) in [6, 6.07) is 0.0858. The molecule has 0 spiro atoms. The van der Waals surface area contributed by atoms with E-state index in [1.54, 1.807) is 0 Å². The molecule has 0 aliphatic heterocycles. The minimum atomic E-state index is 0.0858. The van der Waals surface area contributed by atoms with E-state index in [1.807, 2.05) is 13.8 Å². The Balaban J connectivity index is 2.53. The molecule has 0 aromatic rings. The largest absolute Gasteiger partial charge is 0.354 e. The van der Waals surface area contributed by atoms with Gasteiger partial charge in [-0.3, -0.25) is 9.59 Å². The number of carbonyl (C=O) groups excluding carboxylic acids is 2. The molecular formula is C18H34N2O2. The first-order valence-corrected chi connectivity index (χ1v) is 8.94. The fourth-order valence-corrected chi connectivity index (χ4v) is 3.18. The lowest BCUT2D eigenvalue weighted by atomic mass is 9.83. The van der Waals surface area contributed by atoms with E-state index in [0.717, 1.165) is 12.8 Å². The number of hydrogen-bond acceptors (Lipinski definition) is 2. The zero-order chi connectivity index (χ0) is 16.5. The Morgan fingerprint density at radius 2 is 1.45 bits per heavy atom. The van der Waals surface area contributed by atoms with Gasteiger partial charge in [0.05, 0.1) is 0 Å². The van der Waals surface area contributed by atoms with Crippen molar-refractivity contribution in [2.75, 3.05) is 6.54 Å². The molecule has 1 aliphatic rings. The van der Waals surface area contributed by atoms with Crippen LogP contribution in [0.3, 0.4) is 0 Å². The number of amides is 2.